The highest BCUT2D eigenvalue weighted by molar-refractivity contribution is 7.99. The fourth-order valence-electron chi connectivity index (χ4n) is 2.51. The summed E-state index contributed by atoms with van der Waals surface area (Å²) in [5.74, 6) is 1.25. The smallest absolute Gasteiger partial charge is 0.255 e. The third-order valence-electron chi connectivity index (χ3n) is 3.62. The number of halogens is 1. The normalized spacial score (nSPS) is 17.5. The summed E-state index contributed by atoms with van der Waals surface area (Å²) >= 11 is 1.66. The van der Waals surface area contributed by atoms with Crippen molar-refractivity contribution in [3.8, 4) is 5.75 Å². The van der Waals surface area contributed by atoms with Gasteiger partial charge in [0.1, 0.15) is 16.9 Å². The summed E-state index contributed by atoms with van der Waals surface area (Å²) in [6.07, 6.45) is 0. The van der Waals surface area contributed by atoms with E-state index in [1.165, 1.54) is 12.1 Å². The van der Waals surface area contributed by atoms with Crippen molar-refractivity contribution in [3.63, 3.8) is 0 Å². The van der Waals surface area contributed by atoms with Crippen LogP contribution < -0.4 is 4.74 Å². The molecule has 22 heavy (non-hydrogen) atoms. The molecule has 1 amide bonds. The quantitative estimate of drug-likeness (QED) is 0.864. The van der Waals surface area contributed by atoms with Crippen LogP contribution in [0.4, 0.5) is 4.39 Å². The molecule has 0 aliphatic carbocycles. The number of carbonyl (C=O) groups is 1. The topological polar surface area (TPSA) is 29.5 Å². The maximum atomic E-state index is 13.4. The Morgan fingerprint density at radius 1 is 1.27 bits per heavy atom. The summed E-state index contributed by atoms with van der Waals surface area (Å²) in [4.78, 5) is 14.5. The van der Waals surface area contributed by atoms with Crippen LogP contribution >= 0.6 is 11.8 Å². The van der Waals surface area contributed by atoms with Gasteiger partial charge in [0, 0.05) is 17.9 Å². The average molecular weight is 317 g/mol. The van der Waals surface area contributed by atoms with Gasteiger partial charge in [-0.05, 0) is 42.0 Å². The van der Waals surface area contributed by atoms with E-state index in [1.54, 1.807) is 54.1 Å². The highest BCUT2D eigenvalue weighted by atomic mass is 32.2. The van der Waals surface area contributed by atoms with Gasteiger partial charge in [0.15, 0.2) is 0 Å². The van der Waals surface area contributed by atoms with Crippen molar-refractivity contribution in [3.05, 3.63) is 65.5 Å². The molecule has 0 radical (unpaired) electrons. The van der Waals surface area contributed by atoms with Gasteiger partial charge in [-0.3, -0.25) is 4.79 Å². The fraction of sp³-hybridized carbons (Fsp3) is 0.235. The second-order valence-corrected chi connectivity index (χ2v) is 6.19. The highest BCUT2D eigenvalue weighted by Crippen LogP contribution is 2.38. The number of thioether (sulfide) groups is 1. The van der Waals surface area contributed by atoms with E-state index in [0.717, 1.165) is 11.3 Å². The number of amides is 1. The van der Waals surface area contributed by atoms with Crippen LogP contribution in [-0.4, -0.2) is 30.2 Å². The number of methoxy groups -OCH3 is 1. The molecule has 3 rings (SSSR count). The van der Waals surface area contributed by atoms with Crippen molar-refractivity contribution in [1.29, 1.82) is 0 Å². The van der Waals surface area contributed by atoms with Crippen LogP contribution in [0.15, 0.2) is 48.5 Å². The van der Waals surface area contributed by atoms with Crippen LogP contribution in [0.2, 0.25) is 0 Å². The summed E-state index contributed by atoms with van der Waals surface area (Å²) in [5.41, 5.74) is 1.44. The standard InChI is InChI=1S/C17H16FNO2S/c1-21-15-7-5-12(6-8-15)16(20)19-9-10-22-17(19)13-3-2-4-14(18)11-13/h2-8,11,17H,9-10H2,1H3. The Morgan fingerprint density at radius 3 is 2.73 bits per heavy atom. The zero-order valence-electron chi connectivity index (χ0n) is 12.2. The lowest BCUT2D eigenvalue weighted by Gasteiger charge is -2.24. The maximum absolute atomic E-state index is 13.4. The number of hydrogen-bond donors (Lipinski definition) is 0. The van der Waals surface area contributed by atoms with Crippen LogP contribution in [0.1, 0.15) is 21.3 Å². The molecule has 1 saturated heterocycles. The Bertz CT molecular complexity index is 675. The van der Waals surface area contributed by atoms with Crippen LogP contribution in [0.25, 0.3) is 0 Å². The monoisotopic (exact) mass is 317 g/mol. The lowest BCUT2D eigenvalue weighted by Crippen LogP contribution is -2.30. The van der Waals surface area contributed by atoms with E-state index in [-0.39, 0.29) is 17.1 Å². The molecule has 2 aromatic carbocycles. The van der Waals surface area contributed by atoms with E-state index in [2.05, 4.69) is 0 Å². The fourth-order valence-corrected chi connectivity index (χ4v) is 3.76. The van der Waals surface area contributed by atoms with Gasteiger partial charge in [0.2, 0.25) is 0 Å². The van der Waals surface area contributed by atoms with E-state index in [1.807, 2.05) is 6.07 Å². The summed E-state index contributed by atoms with van der Waals surface area (Å²) in [7, 11) is 1.59. The molecular weight excluding hydrogens is 301 g/mol. The molecule has 1 heterocycles. The first kappa shape index (κ1) is 14.9. The van der Waals surface area contributed by atoms with Gasteiger partial charge in [-0.1, -0.05) is 12.1 Å². The van der Waals surface area contributed by atoms with E-state index >= 15 is 0 Å². The summed E-state index contributed by atoms with van der Waals surface area (Å²) < 4.78 is 18.5. The van der Waals surface area contributed by atoms with E-state index in [0.29, 0.717) is 17.9 Å². The summed E-state index contributed by atoms with van der Waals surface area (Å²) in [6.45, 7) is 0.663. The minimum Gasteiger partial charge on any atom is -0.497 e. The number of ether oxygens (including phenoxy) is 1. The zero-order chi connectivity index (χ0) is 15.5. The van der Waals surface area contributed by atoms with Crippen LogP contribution in [-0.2, 0) is 0 Å². The minimum atomic E-state index is -0.276. The van der Waals surface area contributed by atoms with Crippen molar-refractivity contribution >= 4 is 17.7 Å². The Hall–Kier alpha value is -2.01. The largest absolute Gasteiger partial charge is 0.497 e. The molecule has 0 saturated carbocycles. The van der Waals surface area contributed by atoms with Crippen LogP contribution in [0.5, 0.6) is 5.75 Å². The lowest BCUT2D eigenvalue weighted by molar-refractivity contribution is 0.0760. The molecule has 0 aromatic heterocycles. The molecule has 0 spiro atoms. The van der Waals surface area contributed by atoms with Crippen LogP contribution in [0.3, 0.4) is 0 Å². The van der Waals surface area contributed by atoms with Gasteiger partial charge in [0.05, 0.1) is 7.11 Å². The van der Waals surface area contributed by atoms with Gasteiger partial charge < -0.3 is 9.64 Å². The molecule has 0 N–H and O–H groups in total. The van der Waals surface area contributed by atoms with Crippen LogP contribution in [0, 0.1) is 5.82 Å². The molecule has 114 valence electrons. The predicted octanol–water partition coefficient (Wildman–Crippen LogP) is 3.72. The Kier molecular flexibility index (Phi) is 4.34. The highest BCUT2D eigenvalue weighted by Gasteiger charge is 2.31. The molecular formula is C17H16FNO2S. The molecule has 1 aliphatic rings. The average Bonchev–Trinajstić information content (AvgIpc) is 3.04. The molecule has 1 fully saturated rings. The molecule has 1 atom stereocenters. The predicted molar refractivity (Wildman–Crippen MR) is 85.6 cm³/mol. The molecule has 3 nitrogen and oxygen atoms in total. The SMILES string of the molecule is COc1ccc(C(=O)N2CCSC2c2cccc(F)c2)cc1. The summed E-state index contributed by atoms with van der Waals surface area (Å²) in [5, 5.41) is -0.134. The lowest BCUT2D eigenvalue weighted by atomic mass is 10.1. The van der Waals surface area contributed by atoms with Crippen molar-refractivity contribution in [1.82, 2.24) is 4.90 Å². The van der Waals surface area contributed by atoms with Crippen molar-refractivity contribution in [2.45, 2.75) is 5.37 Å². The van der Waals surface area contributed by atoms with Crippen molar-refractivity contribution in [2.24, 2.45) is 0 Å². The first-order valence-corrected chi connectivity index (χ1v) is 8.06. The zero-order valence-corrected chi connectivity index (χ0v) is 13.0. The van der Waals surface area contributed by atoms with E-state index in [4.69, 9.17) is 4.74 Å². The van der Waals surface area contributed by atoms with E-state index in [9.17, 15) is 9.18 Å². The van der Waals surface area contributed by atoms with E-state index < -0.39 is 0 Å². The summed E-state index contributed by atoms with van der Waals surface area (Å²) in [6, 6.07) is 13.5. The third kappa shape index (κ3) is 2.95. The number of carbonyl (C=O) groups excluding carboxylic acids is 1. The van der Waals surface area contributed by atoms with Gasteiger partial charge in [-0.25, -0.2) is 4.39 Å². The Morgan fingerprint density at radius 2 is 2.05 bits per heavy atom. The minimum absolute atomic E-state index is 0.0399. The number of nitrogens with zero attached hydrogens (tertiary/aromatic N) is 1. The molecule has 0 bridgehead atoms. The number of hydrogen-bond acceptors (Lipinski definition) is 3. The van der Waals surface area contributed by atoms with Gasteiger partial charge in [-0.2, -0.15) is 0 Å². The molecule has 1 aliphatic heterocycles. The molecule has 2 aromatic rings. The van der Waals surface area contributed by atoms with Gasteiger partial charge in [-0.15, -0.1) is 11.8 Å². The first-order chi connectivity index (χ1) is 10.7. The third-order valence-corrected chi connectivity index (χ3v) is 4.88. The van der Waals surface area contributed by atoms with Gasteiger partial charge >= 0.3 is 0 Å². The second-order valence-electron chi connectivity index (χ2n) is 5.01. The maximum Gasteiger partial charge on any atom is 0.255 e. The molecule has 5 heteroatoms. The van der Waals surface area contributed by atoms with Crippen molar-refractivity contribution in [2.75, 3.05) is 19.4 Å². The Labute approximate surface area is 133 Å². The first-order valence-electron chi connectivity index (χ1n) is 7.01. The Balaban J connectivity index is 1.84. The number of benzene rings is 2. The number of rotatable bonds is 3. The molecule has 1 unspecified atom stereocenters. The van der Waals surface area contributed by atoms with Crippen molar-refractivity contribution < 1.29 is 13.9 Å². The second kappa shape index (κ2) is 6.40. The van der Waals surface area contributed by atoms with Gasteiger partial charge in [0.25, 0.3) is 5.91 Å².